The lowest BCUT2D eigenvalue weighted by atomic mass is 10.1. The first-order chi connectivity index (χ1) is 19.2. The zero-order chi connectivity index (χ0) is 28.2. The summed E-state index contributed by atoms with van der Waals surface area (Å²) >= 11 is 4.06. The summed E-state index contributed by atoms with van der Waals surface area (Å²) in [5, 5.41) is 35.2. The molecule has 6 rings (SSSR count). The molecule has 0 aromatic carbocycles. The van der Waals surface area contributed by atoms with Gasteiger partial charge in [0.1, 0.15) is 36.8 Å². The largest absolute Gasteiger partial charge is 0.394 e. The average Bonchev–Trinajstić information content (AvgIpc) is 3.70. The molecule has 40 heavy (non-hydrogen) atoms. The topological polar surface area (TPSA) is 223 Å². The summed E-state index contributed by atoms with van der Waals surface area (Å²) in [6.45, 7) is -5.14. The van der Waals surface area contributed by atoms with Gasteiger partial charge in [-0.1, -0.05) is 12.2 Å². The number of nitrogens with two attached hydrogens (primary N) is 1. The molecule has 2 aliphatic heterocycles. The molecule has 17 nitrogen and oxygen atoms in total. The van der Waals surface area contributed by atoms with E-state index in [2.05, 4.69) is 32.3 Å². The minimum Gasteiger partial charge on any atom is -0.394 e. The third-order valence-electron chi connectivity index (χ3n) is 6.80. The predicted octanol–water partition coefficient (Wildman–Crippen LogP) is -0.903. The summed E-state index contributed by atoms with van der Waals surface area (Å²) in [6, 6.07) is 1.25. The first-order valence-corrected chi connectivity index (χ1v) is 14.8. The van der Waals surface area contributed by atoms with Crippen LogP contribution in [-0.4, -0.2) is 92.6 Å². The van der Waals surface area contributed by atoms with E-state index in [0.717, 1.165) is 0 Å². The minimum atomic E-state index is -4.21. The maximum Gasteiger partial charge on any atom is 0.386 e. The van der Waals surface area contributed by atoms with E-state index in [1.807, 2.05) is 0 Å². The Hall–Kier alpha value is -2.93. The average molecular weight is 597 g/mol. The van der Waals surface area contributed by atoms with Crippen LogP contribution in [0.4, 0.5) is 5.82 Å². The number of nitrogens with zero attached hydrogens (tertiary/aromatic N) is 7. The van der Waals surface area contributed by atoms with Crippen LogP contribution in [0, 0.1) is 0 Å². The maximum atomic E-state index is 13.3. The highest BCUT2D eigenvalue weighted by atomic mass is 32.7. The summed E-state index contributed by atoms with van der Waals surface area (Å²) in [7, 11) is 0. The highest BCUT2D eigenvalue weighted by Crippen LogP contribution is 2.57. The second-order valence-electron chi connectivity index (χ2n) is 9.26. The van der Waals surface area contributed by atoms with E-state index >= 15 is 0 Å². The van der Waals surface area contributed by atoms with E-state index in [1.54, 1.807) is 0 Å². The number of imidazole rings is 2. The molecule has 8 atom stereocenters. The van der Waals surface area contributed by atoms with Crippen LogP contribution in [0.25, 0.3) is 11.4 Å². The van der Waals surface area contributed by atoms with Crippen molar-refractivity contribution >= 4 is 36.3 Å². The highest BCUT2D eigenvalue weighted by Gasteiger charge is 2.49. The molecule has 0 radical (unpaired) electrons. The molecule has 6 heterocycles. The van der Waals surface area contributed by atoms with Crippen LogP contribution < -0.4 is 11.3 Å². The van der Waals surface area contributed by atoms with Crippen molar-refractivity contribution in [1.29, 1.82) is 0 Å². The quantitative estimate of drug-likeness (QED) is 0.123. The second-order valence-corrected chi connectivity index (χ2v) is 12.1. The van der Waals surface area contributed by atoms with E-state index < -0.39 is 56.3 Å². The van der Waals surface area contributed by atoms with E-state index in [1.165, 1.54) is 50.7 Å². The van der Waals surface area contributed by atoms with Gasteiger partial charge >= 0.3 is 6.80 Å². The number of nitrogen functional groups attached to an aromatic ring is 1. The van der Waals surface area contributed by atoms with Crippen molar-refractivity contribution in [3.63, 3.8) is 0 Å². The molecule has 0 saturated carbocycles. The Balaban J connectivity index is 1.16. The number of aliphatic hydroxyl groups is 3. The van der Waals surface area contributed by atoms with E-state index in [0.29, 0.717) is 11.3 Å². The van der Waals surface area contributed by atoms with Crippen LogP contribution >= 0.6 is 19.0 Å². The summed E-state index contributed by atoms with van der Waals surface area (Å²) in [6.07, 6.45) is -0.357. The molecule has 0 unspecified atom stereocenters. The van der Waals surface area contributed by atoms with E-state index in [-0.39, 0.29) is 30.2 Å². The lowest BCUT2D eigenvalue weighted by molar-refractivity contribution is -0.0511. The number of rotatable bonds is 8. The van der Waals surface area contributed by atoms with Crippen molar-refractivity contribution in [2.45, 2.75) is 49.3 Å². The summed E-state index contributed by atoms with van der Waals surface area (Å²) in [5.41, 5.74) is 6.35. The van der Waals surface area contributed by atoms with E-state index in [9.17, 15) is 24.7 Å². The van der Waals surface area contributed by atoms with Crippen molar-refractivity contribution in [2.75, 3.05) is 18.9 Å². The first-order valence-electron chi connectivity index (χ1n) is 12.1. The zero-order valence-electron chi connectivity index (χ0n) is 20.5. The fraction of sp³-hybridized carbons (Fsp3) is 0.476. The number of aliphatic hydroxyl groups excluding tert-OH is 3. The molecule has 0 spiro atoms. The Bertz CT molecular complexity index is 1650. The minimum absolute atomic E-state index is 0.166. The molecule has 214 valence electrons. The molecule has 2 aliphatic rings. The van der Waals surface area contributed by atoms with Gasteiger partial charge in [0.15, 0.2) is 17.7 Å². The van der Waals surface area contributed by atoms with Crippen LogP contribution in [0.15, 0.2) is 42.0 Å². The van der Waals surface area contributed by atoms with Crippen LogP contribution in [0.1, 0.15) is 24.4 Å². The lowest BCUT2D eigenvalue weighted by Crippen LogP contribution is -2.35. The molecule has 0 aliphatic carbocycles. The van der Waals surface area contributed by atoms with E-state index in [4.69, 9.17) is 24.3 Å². The number of anilines is 1. The second kappa shape index (κ2) is 10.5. The predicted molar refractivity (Wildman–Crippen MR) is 137 cm³/mol. The number of hydrogen-bond acceptors (Lipinski definition) is 14. The summed E-state index contributed by atoms with van der Waals surface area (Å²) < 4.78 is 40.1. The molecule has 2 fully saturated rings. The summed E-state index contributed by atoms with van der Waals surface area (Å²) in [5.74, 6) is 0.350. The zero-order valence-corrected chi connectivity index (χ0v) is 22.3. The van der Waals surface area contributed by atoms with Gasteiger partial charge in [-0.3, -0.25) is 22.8 Å². The van der Waals surface area contributed by atoms with Crippen LogP contribution in [0.2, 0.25) is 0 Å². The van der Waals surface area contributed by atoms with Gasteiger partial charge in [-0.05, 0) is 0 Å². The van der Waals surface area contributed by atoms with Crippen molar-refractivity contribution in [1.82, 2.24) is 33.5 Å². The number of hydrogen-bond donors (Lipinski definition) is 5. The highest BCUT2D eigenvalue weighted by molar-refractivity contribution is 8.44. The Morgan fingerprint density at radius 2 is 2.02 bits per heavy atom. The monoisotopic (exact) mass is 596 g/mol. The van der Waals surface area contributed by atoms with Crippen LogP contribution in [0.5, 0.6) is 0 Å². The number of thiol groups is 1. The van der Waals surface area contributed by atoms with Gasteiger partial charge in [-0.2, -0.15) is 5.10 Å². The molecule has 2 saturated heterocycles. The maximum absolute atomic E-state index is 13.3. The molecule has 4 aromatic heterocycles. The summed E-state index contributed by atoms with van der Waals surface area (Å²) in [4.78, 5) is 24.4. The molecule has 4 aromatic rings. The standard InChI is InChI=1S/C21H25N8O9PS/c22-18-19-24-6-10(29(19)26-9-25-18)12-5-11(31)14(36-12)8-35-39(34,40)38-17-16(33)13(7-30)37-20(17)28-3-1-15(32)27-4-2-23-21(27)28/h1-4,6,9,11-14,16-17,20,30-31,33H,5,7-8H2,(H,34,40)(H2,22,25,26)/t11-,12+,13+,14+,16+,17+,20+,39-/m0/s1. The van der Waals surface area contributed by atoms with Crippen molar-refractivity contribution in [2.24, 2.45) is 0 Å². The molecular formula is C21H25N8O9PS. The SMILES string of the molecule is Nc1ncnn2c([C@H]3C[C@H](O)[C@@H](CO[P@](=O)(S)O[C@@H]4[C@H](O)[C@@H](CO)O[C@H]4n4ccc(=O)n5ccnc45)O3)cnc12. The lowest BCUT2D eigenvalue weighted by Gasteiger charge is -2.26. The van der Waals surface area contributed by atoms with Crippen molar-refractivity contribution in [3.8, 4) is 0 Å². The number of fused-ring (bicyclic) bond motifs is 2. The third-order valence-corrected chi connectivity index (χ3v) is 8.42. The first kappa shape index (κ1) is 27.3. The normalized spacial score (nSPS) is 30.4. The van der Waals surface area contributed by atoms with Crippen LogP contribution in [0.3, 0.4) is 0 Å². The number of aromatic nitrogens is 7. The Labute approximate surface area is 229 Å². The number of ether oxygens (including phenoxy) is 2. The molecule has 0 bridgehead atoms. The van der Waals surface area contributed by atoms with Gasteiger partial charge in [0.25, 0.3) is 5.56 Å². The fourth-order valence-corrected chi connectivity index (χ4v) is 6.31. The van der Waals surface area contributed by atoms with Crippen molar-refractivity contribution < 1.29 is 38.4 Å². The van der Waals surface area contributed by atoms with Gasteiger partial charge < -0.3 is 30.5 Å². The molecule has 5 N–H and O–H groups in total. The van der Waals surface area contributed by atoms with Gasteiger partial charge in [0.2, 0.25) is 5.78 Å². The van der Waals surface area contributed by atoms with Gasteiger partial charge in [-0.15, -0.1) is 0 Å². The fourth-order valence-electron chi connectivity index (χ4n) is 4.85. The van der Waals surface area contributed by atoms with Gasteiger partial charge in [0, 0.05) is 31.1 Å². The molecule has 0 amide bonds. The Morgan fingerprint density at radius 1 is 1.20 bits per heavy atom. The van der Waals surface area contributed by atoms with Gasteiger partial charge in [0.05, 0.1) is 31.2 Å². The smallest absolute Gasteiger partial charge is 0.386 e. The Kier molecular flexibility index (Phi) is 7.14. The molecular weight excluding hydrogens is 571 g/mol. The van der Waals surface area contributed by atoms with Crippen molar-refractivity contribution in [3.05, 3.63) is 53.2 Å². The molecule has 19 heteroatoms. The third kappa shape index (κ3) is 4.80. The van der Waals surface area contributed by atoms with Crippen LogP contribution in [-0.2, 0) is 23.1 Å². The Morgan fingerprint density at radius 3 is 2.83 bits per heavy atom. The van der Waals surface area contributed by atoms with Gasteiger partial charge in [-0.25, -0.2) is 24.0 Å².